The third-order valence-electron chi connectivity index (χ3n) is 6.56. The molecule has 1 aliphatic heterocycles. The number of halogens is 1. The molecule has 0 radical (unpaired) electrons. The van der Waals surface area contributed by atoms with Crippen LogP contribution in [-0.4, -0.2) is 35.6 Å². The van der Waals surface area contributed by atoms with Crippen molar-refractivity contribution in [2.75, 3.05) is 19.6 Å². The second kappa shape index (κ2) is 8.48. The van der Waals surface area contributed by atoms with Crippen molar-refractivity contribution in [1.29, 1.82) is 0 Å². The third-order valence-corrected chi connectivity index (χ3v) is 7.32. The summed E-state index contributed by atoms with van der Waals surface area (Å²) in [5.41, 5.74) is 0.648. The minimum absolute atomic E-state index is 0. The van der Waals surface area contributed by atoms with Gasteiger partial charge >= 0.3 is 0 Å². The molecule has 136 valence electrons. The van der Waals surface area contributed by atoms with E-state index in [4.69, 9.17) is 0 Å². The zero-order valence-electron chi connectivity index (χ0n) is 14.7. The van der Waals surface area contributed by atoms with E-state index in [0.717, 1.165) is 18.5 Å². The molecular weight excluding hydrogens is 338 g/mol. The van der Waals surface area contributed by atoms with Crippen molar-refractivity contribution < 1.29 is 0 Å². The zero-order valence-corrected chi connectivity index (χ0v) is 16.3. The zero-order chi connectivity index (χ0) is 15.5. The lowest BCUT2D eigenvalue weighted by molar-refractivity contribution is 0.176. The Bertz CT molecular complexity index is 481. The number of rotatable bonds is 6. The van der Waals surface area contributed by atoms with Crippen LogP contribution in [0.25, 0.3) is 0 Å². The normalized spacial score (nSPS) is 26.5. The van der Waals surface area contributed by atoms with Gasteiger partial charge in [0.2, 0.25) is 0 Å². The highest BCUT2D eigenvalue weighted by atomic mass is 35.5. The van der Waals surface area contributed by atoms with Crippen LogP contribution in [-0.2, 0) is 6.54 Å². The van der Waals surface area contributed by atoms with Gasteiger partial charge in [-0.15, -0.1) is 23.7 Å². The molecule has 2 saturated carbocycles. The van der Waals surface area contributed by atoms with Gasteiger partial charge in [0.1, 0.15) is 5.01 Å². The average molecular weight is 370 g/mol. The van der Waals surface area contributed by atoms with Gasteiger partial charge in [-0.1, -0.05) is 32.1 Å². The molecule has 3 nitrogen and oxygen atoms in total. The Labute approximate surface area is 157 Å². The lowest BCUT2D eigenvalue weighted by Crippen LogP contribution is -2.37. The predicted octanol–water partition coefficient (Wildman–Crippen LogP) is 4.48. The SMILES string of the molecule is Cl.c1csc(CN(CCC2CCCCC2)C2CC23CCNCC3)n1. The van der Waals surface area contributed by atoms with Crippen LogP contribution in [0.15, 0.2) is 11.6 Å². The predicted molar refractivity (Wildman–Crippen MR) is 104 cm³/mol. The Balaban J connectivity index is 0.00000169. The van der Waals surface area contributed by atoms with E-state index in [1.54, 1.807) is 0 Å². The summed E-state index contributed by atoms with van der Waals surface area (Å²) in [6, 6.07) is 0.831. The molecule has 1 atom stereocenters. The summed E-state index contributed by atoms with van der Waals surface area (Å²) in [6.07, 6.45) is 14.9. The fourth-order valence-electron chi connectivity index (χ4n) is 4.98. The summed E-state index contributed by atoms with van der Waals surface area (Å²) in [6.45, 7) is 4.84. The molecule has 24 heavy (non-hydrogen) atoms. The lowest BCUT2D eigenvalue weighted by atomic mass is 9.87. The molecule has 0 amide bonds. The highest BCUT2D eigenvalue weighted by Gasteiger charge is 2.56. The minimum atomic E-state index is 0. The number of aromatic nitrogens is 1. The first-order valence-electron chi connectivity index (χ1n) is 9.69. The lowest BCUT2D eigenvalue weighted by Gasteiger charge is -2.31. The van der Waals surface area contributed by atoms with E-state index >= 15 is 0 Å². The van der Waals surface area contributed by atoms with Crippen molar-refractivity contribution >= 4 is 23.7 Å². The average Bonchev–Trinajstić information content (AvgIpc) is 3.04. The van der Waals surface area contributed by atoms with E-state index < -0.39 is 0 Å². The smallest absolute Gasteiger partial charge is 0.107 e. The molecule has 0 bridgehead atoms. The number of piperidine rings is 1. The fourth-order valence-corrected chi connectivity index (χ4v) is 5.62. The maximum atomic E-state index is 4.56. The van der Waals surface area contributed by atoms with Crippen molar-refractivity contribution in [2.24, 2.45) is 11.3 Å². The quantitative estimate of drug-likeness (QED) is 0.801. The van der Waals surface area contributed by atoms with Crippen molar-refractivity contribution in [1.82, 2.24) is 15.2 Å². The third kappa shape index (κ3) is 4.32. The summed E-state index contributed by atoms with van der Waals surface area (Å²) >= 11 is 1.83. The first-order valence-corrected chi connectivity index (χ1v) is 10.6. The Morgan fingerprint density at radius 3 is 2.71 bits per heavy atom. The molecular formula is C19H32ClN3S. The monoisotopic (exact) mass is 369 g/mol. The highest BCUT2D eigenvalue weighted by molar-refractivity contribution is 7.09. The van der Waals surface area contributed by atoms with E-state index in [9.17, 15) is 0 Å². The number of hydrogen-bond acceptors (Lipinski definition) is 4. The van der Waals surface area contributed by atoms with Crippen LogP contribution in [0.2, 0.25) is 0 Å². The van der Waals surface area contributed by atoms with Crippen molar-refractivity contribution in [3.05, 3.63) is 16.6 Å². The standard InChI is InChI=1S/C19H31N3S.ClH/c1-2-4-16(5-3-1)6-12-22(15-18-21-11-13-23-18)17-14-19(17)7-9-20-10-8-19;/h11,13,16-17,20H,1-10,12,14-15H2;1H. The van der Waals surface area contributed by atoms with Crippen LogP contribution in [0.1, 0.15) is 62.8 Å². The van der Waals surface area contributed by atoms with Crippen molar-refractivity contribution in [3.63, 3.8) is 0 Å². The van der Waals surface area contributed by atoms with Crippen LogP contribution in [0, 0.1) is 11.3 Å². The number of nitrogens with zero attached hydrogens (tertiary/aromatic N) is 2. The van der Waals surface area contributed by atoms with Crippen LogP contribution in [0.4, 0.5) is 0 Å². The first-order chi connectivity index (χ1) is 11.4. The Kier molecular flexibility index (Phi) is 6.58. The topological polar surface area (TPSA) is 28.2 Å². The summed E-state index contributed by atoms with van der Waals surface area (Å²) in [5, 5.41) is 6.98. The van der Waals surface area contributed by atoms with E-state index in [2.05, 4.69) is 20.6 Å². The molecule has 3 aliphatic rings. The molecule has 1 N–H and O–H groups in total. The Morgan fingerprint density at radius 2 is 2.00 bits per heavy atom. The second-order valence-corrected chi connectivity index (χ2v) is 9.00. The molecule has 2 heterocycles. The molecule has 4 rings (SSSR count). The Morgan fingerprint density at radius 1 is 1.21 bits per heavy atom. The van der Waals surface area contributed by atoms with E-state index in [1.807, 2.05) is 17.5 Å². The van der Waals surface area contributed by atoms with Gasteiger partial charge in [-0.3, -0.25) is 4.90 Å². The maximum Gasteiger partial charge on any atom is 0.107 e. The van der Waals surface area contributed by atoms with Crippen LogP contribution < -0.4 is 5.32 Å². The largest absolute Gasteiger partial charge is 0.317 e. The van der Waals surface area contributed by atoms with Crippen LogP contribution >= 0.6 is 23.7 Å². The molecule has 1 unspecified atom stereocenters. The van der Waals surface area contributed by atoms with Gasteiger partial charge in [0.25, 0.3) is 0 Å². The van der Waals surface area contributed by atoms with E-state index in [-0.39, 0.29) is 12.4 Å². The first kappa shape index (κ1) is 18.6. The highest BCUT2D eigenvalue weighted by Crippen LogP contribution is 2.56. The molecule has 1 aromatic rings. The number of nitrogens with one attached hydrogen (secondary N) is 1. The minimum Gasteiger partial charge on any atom is -0.317 e. The van der Waals surface area contributed by atoms with Crippen molar-refractivity contribution in [3.8, 4) is 0 Å². The van der Waals surface area contributed by atoms with Gasteiger partial charge in [0, 0.05) is 17.6 Å². The molecule has 3 fully saturated rings. The van der Waals surface area contributed by atoms with Crippen molar-refractivity contribution in [2.45, 2.75) is 70.4 Å². The fraction of sp³-hybridized carbons (Fsp3) is 0.842. The summed E-state index contributed by atoms with van der Waals surface area (Å²) < 4.78 is 0. The molecule has 5 heteroatoms. The van der Waals surface area contributed by atoms with E-state index in [1.165, 1.54) is 82.4 Å². The summed E-state index contributed by atoms with van der Waals surface area (Å²) in [5.74, 6) is 0.991. The Hall–Kier alpha value is -0.160. The van der Waals surface area contributed by atoms with Gasteiger partial charge in [-0.05, 0) is 56.7 Å². The molecule has 1 saturated heterocycles. The van der Waals surface area contributed by atoms with Crippen LogP contribution in [0.5, 0.6) is 0 Å². The van der Waals surface area contributed by atoms with Gasteiger partial charge in [0.15, 0.2) is 0 Å². The van der Waals surface area contributed by atoms with Crippen LogP contribution in [0.3, 0.4) is 0 Å². The van der Waals surface area contributed by atoms with E-state index in [0.29, 0.717) is 5.41 Å². The molecule has 2 aliphatic carbocycles. The summed E-state index contributed by atoms with van der Waals surface area (Å²) in [7, 11) is 0. The van der Waals surface area contributed by atoms with Gasteiger partial charge in [-0.2, -0.15) is 0 Å². The van der Waals surface area contributed by atoms with Gasteiger partial charge < -0.3 is 5.32 Å². The maximum absolute atomic E-state index is 4.56. The number of thiazole rings is 1. The van der Waals surface area contributed by atoms with Gasteiger partial charge in [0.05, 0.1) is 6.54 Å². The summed E-state index contributed by atoms with van der Waals surface area (Å²) in [4.78, 5) is 7.36. The second-order valence-electron chi connectivity index (χ2n) is 8.02. The number of hydrogen-bond donors (Lipinski definition) is 1. The molecule has 1 aromatic heterocycles. The van der Waals surface area contributed by atoms with Gasteiger partial charge in [-0.25, -0.2) is 4.98 Å². The molecule has 0 aromatic carbocycles. The molecule has 1 spiro atoms.